The normalized spacial score (nSPS) is 16.3. The first-order valence-corrected chi connectivity index (χ1v) is 9.57. The number of amides is 2. The number of rotatable bonds is 3. The molecule has 0 fully saturated rings. The van der Waals surface area contributed by atoms with Crippen molar-refractivity contribution in [3.63, 3.8) is 0 Å². The van der Waals surface area contributed by atoms with E-state index >= 15 is 0 Å². The summed E-state index contributed by atoms with van der Waals surface area (Å²) < 4.78 is 0.968. The predicted molar refractivity (Wildman–Crippen MR) is 99.0 cm³/mol. The first-order valence-electron chi connectivity index (χ1n) is 7.96. The smallest absolute Gasteiger partial charge is 0.273 e. The van der Waals surface area contributed by atoms with Crippen LogP contribution in [0.2, 0.25) is 0 Å². The van der Waals surface area contributed by atoms with Gasteiger partial charge in [0.25, 0.3) is 5.91 Å². The third kappa shape index (κ3) is 4.24. The molecule has 0 bridgehead atoms. The van der Waals surface area contributed by atoms with Crippen LogP contribution in [0.4, 0.5) is 0 Å². The molecule has 24 heavy (non-hydrogen) atoms. The van der Waals surface area contributed by atoms with Crippen LogP contribution in [0, 0.1) is 5.92 Å². The summed E-state index contributed by atoms with van der Waals surface area (Å²) in [6.07, 6.45) is 3.49. The van der Waals surface area contributed by atoms with Crippen LogP contribution >= 0.6 is 27.3 Å². The van der Waals surface area contributed by atoms with Gasteiger partial charge < -0.3 is 0 Å². The molecule has 1 atom stereocenters. The largest absolute Gasteiger partial charge is 0.279 e. The Kier molecular flexibility index (Phi) is 5.36. The molecular formula is C18H19BrN2O2S. The van der Waals surface area contributed by atoms with Gasteiger partial charge in [0, 0.05) is 9.35 Å². The minimum absolute atomic E-state index is 0.228. The Morgan fingerprint density at radius 1 is 1.25 bits per heavy atom. The summed E-state index contributed by atoms with van der Waals surface area (Å²) in [4.78, 5) is 26.1. The van der Waals surface area contributed by atoms with Gasteiger partial charge in [-0.25, -0.2) is 0 Å². The maximum Gasteiger partial charge on any atom is 0.279 e. The lowest BCUT2D eigenvalue weighted by molar-refractivity contribution is -0.121. The lowest BCUT2D eigenvalue weighted by Crippen LogP contribution is -2.42. The van der Waals surface area contributed by atoms with Crippen LogP contribution < -0.4 is 10.9 Å². The fourth-order valence-electron chi connectivity index (χ4n) is 2.84. The number of halogens is 1. The molecule has 1 aliphatic carbocycles. The molecule has 2 amide bonds. The number of thiophene rings is 1. The number of carbonyl (C=O) groups excluding carboxylic acids is 2. The number of benzene rings is 1. The van der Waals surface area contributed by atoms with Crippen molar-refractivity contribution in [1.29, 1.82) is 0 Å². The van der Waals surface area contributed by atoms with Gasteiger partial charge in [-0.2, -0.15) is 0 Å². The molecule has 0 radical (unpaired) electrons. The van der Waals surface area contributed by atoms with Gasteiger partial charge in [0.05, 0.1) is 11.3 Å². The van der Waals surface area contributed by atoms with Crippen LogP contribution in [-0.4, -0.2) is 11.8 Å². The van der Waals surface area contributed by atoms with E-state index in [4.69, 9.17) is 0 Å². The second-order valence-electron chi connectivity index (χ2n) is 6.21. The highest BCUT2D eigenvalue weighted by Gasteiger charge is 2.20. The molecular weight excluding hydrogens is 388 g/mol. The molecule has 0 saturated heterocycles. The highest BCUT2D eigenvalue weighted by atomic mass is 79.9. The minimum Gasteiger partial charge on any atom is -0.273 e. The lowest BCUT2D eigenvalue weighted by Gasteiger charge is -2.16. The molecule has 0 saturated carbocycles. The minimum atomic E-state index is -0.244. The summed E-state index contributed by atoms with van der Waals surface area (Å²) in [5.41, 5.74) is 7.18. The molecule has 4 nitrogen and oxygen atoms in total. The lowest BCUT2D eigenvalue weighted by atomic mass is 9.90. The van der Waals surface area contributed by atoms with Crippen molar-refractivity contribution in [1.82, 2.24) is 10.9 Å². The topological polar surface area (TPSA) is 58.2 Å². The van der Waals surface area contributed by atoms with Crippen molar-refractivity contribution in [2.75, 3.05) is 0 Å². The molecule has 6 heteroatoms. The van der Waals surface area contributed by atoms with Crippen LogP contribution in [-0.2, 0) is 24.1 Å². The average Bonchev–Trinajstić information content (AvgIpc) is 2.98. The Hall–Kier alpha value is -1.66. The molecule has 126 valence electrons. The third-order valence-corrected chi connectivity index (χ3v) is 5.91. The van der Waals surface area contributed by atoms with Crippen molar-refractivity contribution in [2.24, 2.45) is 5.92 Å². The van der Waals surface area contributed by atoms with Crippen LogP contribution in [0.15, 0.2) is 34.8 Å². The maximum absolute atomic E-state index is 12.2. The van der Waals surface area contributed by atoms with Crippen LogP contribution in [0.1, 0.15) is 39.0 Å². The molecule has 1 aromatic heterocycles. The highest BCUT2D eigenvalue weighted by molar-refractivity contribution is 9.10. The summed E-state index contributed by atoms with van der Waals surface area (Å²) in [7, 11) is 0. The quantitative estimate of drug-likeness (QED) is 0.764. The number of carbonyl (C=O) groups is 2. The van der Waals surface area contributed by atoms with Gasteiger partial charge in [-0.3, -0.25) is 20.4 Å². The van der Waals surface area contributed by atoms with E-state index in [2.05, 4.69) is 33.7 Å². The molecule has 2 aromatic rings. The fraction of sp³-hybridized carbons (Fsp3) is 0.333. The Morgan fingerprint density at radius 3 is 2.75 bits per heavy atom. The van der Waals surface area contributed by atoms with Crippen molar-refractivity contribution >= 4 is 39.1 Å². The Morgan fingerprint density at radius 2 is 2.00 bits per heavy atom. The summed E-state index contributed by atoms with van der Waals surface area (Å²) in [5, 5.41) is 0. The van der Waals surface area contributed by atoms with Gasteiger partial charge in [-0.05, 0) is 54.5 Å². The summed E-state index contributed by atoms with van der Waals surface area (Å²) >= 11 is 4.89. The summed E-state index contributed by atoms with van der Waals surface area (Å²) in [6, 6.07) is 9.49. The highest BCUT2D eigenvalue weighted by Crippen LogP contribution is 2.32. The SMILES string of the molecule is C[C@H]1CCc2sc(C(=O)NNC(=O)Cc3ccc(Br)cc3)cc2C1. The zero-order valence-corrected chi connectivity index (χ0v) is 15.8. The predicted octanol–water partition coefficient (Wildman–Crippen LogP) is 3.64. The molecule has 0 spiro atoms. The fourth-order valence-corrected chi connectivity index (χ4v) is 4.21. The van der Waals surface area contributed by atoms with Gasteiger partial charge in [0.2, 0.25) is 5.91 Å². The van der Waals surface area contributed by atoms with E-state index in [1.807, 2.05) is 30.3 Å². The van der Waals surface area contributed by atoms with Crippen molar-refractivity contribution in [3.05, 3.63) is 55.7 Å². The van der Waals surface area contributed by atoms with Crippen LogP contribution in [0.5, 0.6) is 0 Å². The van der Waals surface area contributed by atoms with E-state index < -0.39 is 0 Å². The Labute approximate surface area is 153 Å². The van der Waals surface area contributed by atoms with E-state index in [9.17, 15) is 9.59 Å². The van der Waals surface area contributed by atoms with Gasteiger partial charge in [0.15, 0.2) is 0 Å². The van der Waals surface area contributed by atoms with E-state index in [0.717, 1.165) is 22.9 Å². The van der Waals surface area contributed by atoms with E-state index in [0.29, 0.717) is 10.8 Å². The second-order valence-corrected chi connectivity index (χ2v) is 8.27. The molecule has 0 aliphatic heterocycles. The maximum atomic E-state index is 12.2. The molecule has 1 heterocycles. The van der Waals surface area contributed by atoms with E-state index in [1.54, 1.807) is 0 Å². The first kappa shape index (κ1) is 17.2. The zero-order chi connectivity index (χ0) is 17.1. The number of hydrogen-bond acceptors (Lipinski definition) is 3. The number of fused-ring (bicyclic) bond motifs is 1. The number of aryl methyl sites for hydroxylation is 1. The van der Waals surface area contributed by atoms with Crippen molar-refractivity contribution < 1.29 is 9.59 Å². The number of hydrogen-bond donors (Lipinski definition) is 2. The average molecular weight is 407 g/mol. The molecule has 1 aliphatic rings. The van der Waals surface area contributed by atoms with Gasteiger partial charge in [-0.15, -0.1) is 11.3 Å². The van der Waals surface area contributed by atoms with Gasteiger partial charge >= 0.3 is 0 Å². The molecule has 3 rings (SSSR count). The first-order chi connectivity index (χ1) is 11.5. The Balaban J connectivity index is 1.53. The summed E-state index contributed by atoms with van der Waals surface area (Å²) in [5.74, 6) is 0.195. The van der Waals surface area contributed by atoms with Crippen LogP contribution in [0.25, 0.3) is 0 Å². The van der Waals surface area contributed by atoms with Crippen molar-refractivity contribution in [2.45, 2.75) is 32.6 Å². The number of nitrogens with one attached hydrogen (secondary N) is 2. The Bertz CT molecular complexity index is 755. The van der Waals surface area contributed by atoms with E-state index in [1.165, 1.54) is 28.2 Å². The second kappa shape index (κ2) is 7.49. The molecule has 0 unspecified atom stereocenters. The number of hydrazine groups is 1. The molecule has 1 aromatic carbocycles. The molecule has 2 N–H and O–H groups in total. The standard InChI is InChI=1S/C18H19BrN2O2S/c1-11-2-7-15-13(8-11)10-16(24-15)18(23)21-20-17(22)9-12-3-5-14(19)6-4-12/h3-6,10-11H,2,7-9H2,1H3,(H,20,22)(H,21,23)/t11-/m0/s1. The summed E-state index contributed by atoms with van der Waals surface area (Å²) in [6.45, 7) is 2.24. The zero-order valence-electron chi connectivity index (χ0n) is 13.4. The van der Waals surface area contributed by atoms with Gasteiger partial charge in [0.1, 0.15) is 0 Å². The monoisotopic (exact) mass is 406 g/mol. The van der Waals surface area contributed by atoms with E-state index in [-0.39, 0.29) is 18.2 Å². The van der Waals surface area contributed by atoms with Crippen molar-refractivity contribution in [3.8, 4) is 0 Å². The van der Waals surface area contributed by atoms with Gasteiger partial charge in [-0.1, -0.05) is 35.0 Å². The van der Waals surface area contributed by atoms with Crippen LogP contribution in [0.3, 0.4) is 0 Å². The third-order valence-electron chi connectivity index (χ3n) is 4.15.